The fourth-order valence-electron chi connectivity index (χ4n) is 3.18. The van der Waals surface area contributed by atoms with Crippen LogP contribution in [0.2, 0.25) is 0 Å². The van der Waals surface area contributed by atoms with Gasteiger partial charge in [-0.25, -0.2) is 8.42 Å². The maximum Gasteiger partial charge on any atom is 0.269 e. The van der Waals surface area contributed by atoms with Crippen LogP contribution in [0.15, 0.2) is 69.4 Å². The molecule has 0 aliphatic heterocycles. The van der Waals surface area contributed by atoms with Gasteiger partial charge in [-0.3, -0.25) is 4.31 Å². The van der Waals surface area contributed by atoms with Gasteiger partial charge in [-0.05, 0) is 66.8 Å². The van der Waals surface area contributed by atoms with Gasteiger partial charge in [-0.15, -0.1) is 11.3 Å². The molecule has 0 bridgehead atoms. The molecule has 0 fully saturated rings. The van der Waals surface area contributed by atoms with Crippen molar-refractivity contribution in [2.75, 3.05) is 18.0 Å². The first kappa shape index (κ1) is 22.0. The van der Waals surface area contributed by atoms with E-state index in [1.807, 2.05) is 43.3 Å². The minimum atomic E-state index is -3.81. The van der Waals surface area contributed by atoms with Crippen LogP contribution in [0.1, 0.15) is 19.4 Å². The van der Waals surface area contributed by atoms with Crippen LogP contribution in [0.3, 0.4) is 0 Å². The number of aromatic nitrogens is 2. The van der Waals surface area contributed by atoms with Crippen LogP contribution in [0.4, 0.5) is 5.69 Å². The maximum absolute atomic E-state index is 13.3. The largest absolute Gasteiger partial charge is 0.494 e. The number of hydrogen-bond donors (Lipinski definition) is 0. The van der Waals surface area contributed by atoms with Crippen molar-refractivity contribution in [2.24, 2.45) is 0 Å². The third-order valence-electron chi connectivity index (χ3n) is 5.02. The SMILES string of the molecule is CCOc1ccc(-c2noc(-c3sccc3S(=O)(=O)N(C)c3ccc(CC)cc3)n2)cc1. The first-order chi connectivity index (χ1) is 15.4. The van der Waals surface area contributed by atoms with E-state index < -0.39 is 10.0 Å². The second-order valence-electron chi connectivity index (χ2n) is 6.99. The van der Waals surface area contributed by atoms with Crippen molar-refractivity contribution in [1.82, 2.24) is 10.1 Å². The molecule has 32 heavy (non-hydrogen) atoms. The summed E-state index contributed by atoms with van der Waals surface area (Å²) < 4.78 is 38.8. The summed E-state index contributed by atoms with van der Waals surface area (Å²) in [5, 5.41) is 5.74. The van der Waals surface area contributed by atoms with Gasteiger partial charge in [0.2, 0.25) is 5.82 Å². The number of anilines is 1. The summed E-state index contributed by atoms with van der Waals surface area (Å²) in [6, 6.07) is 16.3. The lowest BCUT2D eigenvalue weighted by Crippen LogP contribution is -2.26. The first-order valence-corrected chi connectivity index (χ1v) is 12.5. The Morgan fingerprint density at radius 2 is 1.75 bits per heavy atom. The Morgan fingerprint density at radius 1 is 1.03 bits per heavy atom. The summed E-state index contributed by atoms with van der Waals surface area (Å²) in [7, 11) is -2.28. The molecule has 0 amide bonds. The number of aryl methyl sites for hydroxylation is 1. The molecule has 7 nitrogen and oxygen atoms in total. The van der Waals surface area contributed by atoms with Crippen LogP contribution >= 0.6 is 11.3 Å². The van der Waals surface area contributed by atoms with Gasteiger partial charge < -0.3 is 9.26 Å². The highest BCUT2D eigenvalue weighted by Crippen LogP contribution is 2.35. The Bertz CT molecular complexity index is 1290. The molecular formula is C23H23N3O4S2. The van der Waals surface area contributed by atoms with Crippen molar-refractivity contribution >= 4 is 27.0 Å². The van der Waals surface area contributed by atoms with Crippen LogP contribution in [0, 0.1) is 0 Å². The van der Waals surface area contributed by atoms with Crippen LogP contribution in [0.25, 0.3) is 22.2 Å². The molecule has 4 aromatic rings. The van der Waals surface area contributed by atoms with E-state index >= 15 is 0 Å². The van der Waals surface area contributed by atoms with E-state index in [-0.39, 0.29) is 10.8 Å². The molecule has 2 heterocycles. The molecule has 0 spiro atoms. The normalized spacial score (nSPS) is 11.5. The molecule has 4 rings (SSSR count). The van der Waals surface area contributed by atoms with Gasteiger partial charge >= 0.3 is 0 Å². The van der Waals surface area contributed by atoms with E-state index in [9.17, 15) is 8.42 Å². The summed E-state index contributed by atoms with van der Waals surface area (Å²) in [4.78, 5) is 4.98. The van der Waals surface area contributed by atoms with Crippen molar-refractivity contribution < 1.29 is 17.7 Å². The standard InChI is InChI=1S/C23H23N3O4S2/c1-4-16-6-10-18(11-7-16)26(3)32(27,28)20-14-15-31-21(20)23-24-22(25-30-23)17-8-12-19(13-9-17)29-5-2/h6-15H,4-5H2,1-3H3. The molecule has 0 atom stereocenters. The highest BCUT2D eigenvalue weighted by molar-refractivity contribution is 7.93. The molecular weight excluding hydrogens is 446 g/mol. The van der Waals surface area contributed by atoms with Crippen molar-refractivity contribution in [3.8, 4) is 27.9 Å². The number of thiophene rings is 1. The van der Waals surface area contributed by atoms with Crippen LogP contribution in [-0.4, -0.2) is 32.2 Å². The third kappa shape index (κ3) is 4.26. The maximum atomic E-state index is 13.3. The van der Waals surface area contributed by atoms with Gasteiger partial charge in [0, 0.05) is 12.6 Å². The number of benzene rings is 2. The van der Waals surface area contributed by atoms with E-state index in [1.165, 1.54) is 22.7 Å². The highest BCUT2D eigenvalue weighted by atomic mass is 32.2. The second kappa shape index (κ2) is 9.13. The smallest absolute Gasteiger partial charge is 0.269 e. The van der Waals surface area contributed by atoms with Crippen molar-refractivity contribution in [2.45, 2.75) is 25.2 Å². The Morgan fingerprint density at radius 3 is 2.41 bits per heavy atom. The average molecular weight is 470 g/mol. The third-order valence-corrected chi connectivity index (χ3v) is 7.88. The summed E-state index contributed by atoms with van der Waals surface area (Å²) in [5.74, 6) is 1.29. The van der Waals surface area contributed by atoms with Crippen molar-refractivity contribution in [3.05, 3.63) is 65.5 Å². The molecule has 166 valence electrons. The topological polar surface area (TPSA) is 85.5 Å². The molecule has 0 N–H and O–H groups in total. The van der Waals surface area contributed by atoms with Crippen LogP contribution < -0.4 is 9.04 Å². The molecule has 0 radical (unpaired) electrons. The van der Waals surface area contributed by atoms with Crippen LogP contribution in [0.5, 0.6) is 5.75 Å². The second-order valence-corrected chi connectivity index (χ2v) is 9.84. The number of sulfonamides is 1. The van der Waals surface area contributed by atoms with Gasteiger partial charge in [-0.2, -0.15) is 4.98 Å². The highest BCUT2D eigenvalue weighted by Gasteiger charge is 2.28. The molecule has 9 heteroatoms. The minimum absolute atomic E-state index is 0.131. The van der Waals surface area contributed by atoms with Gasteiger partial charge in [-0.1, -0.05) is 24.2 Å². The zero-order chi connectivity index (χ0) is 22.7. The van der Waals surface area contributed by atoms with E-state index in [0.717, 1.165) is 23.3 Å². The fraction of sp³-hybridized carbons (Fsp3) is 0.217. The zero-order valence-corrected chi connectivity index (χ0v) is 19.6. The molecule has 0 saturated carbocycles. The minimum Gasteiger partial charge on any atom is -0.494 e. The van der Waals surface area contributed by atoms with Gasteiger partial charge in [0.25, 0.3) is 15.9 Å². The zero-order valence-electron chi connectivity index (χ0n) is 18.0. The Hall–Kier alpha value is -3.17. The molecule has 0 aliphatic carbocycles. The van der Waals surface area contributed by atoms with Gasteiger partial charge in [0.05, 0.1) is 12.3 Å². The fourth-order valence-corrected chi connectivity index (χ4v) is 5.69. The molecule has 0 saturated heterocycles. The number of rotatable bonds is 8. The summed E-state index contributed by atoms with van der Waals surface area (Å²) in [6.45, 7) is 4.56. The lowest BCUT2D eigenvalue weighted by atomic mass is 10.1. The summed E-state index contributed by atoms with van der Waals surface area (Å²) in [5.41, 5.74) is 2.47. The Balaban J connectivity index is 1.63. The predicted octanol–water partition coefficient (Wildman–Crippen LogP) is 5.25. The lowest BCUT2D eigenvalue weighted by Gasteiger charge is -2.19. The molecule has 0 unspecified atom stereocenters. The lowest BCUT2D eigenvalue weighted by molar-refractivity contribution is 0.340. The molecule has 2 aromatic heterocycles. The monoisotopic (exact) mass is 469 g/mol. The average Bonchev–Trinajstić information content (AvgIpc) is 3.49. The van der Waals surface area contributed by atoms with Crippen molar-refractivity contribution in [3.63, 3.8) is 0 Å². The first-order valence-electron chi connectivity index (χ1n) is 10.2. The summed E-state index contributed by atoms with van der Waals surface area (Å²) in [6.07, 6.45) is 0.888. The van der Waals surface area contributed by atoms with E-state index in [4.69, 9.17) is 9.26 Å². The quantitative estimate of drug-likeness (QED) is 0.350. The Kier molecular flexibility index (Phi) is 6.29. The summed E-state index contributed by atoms with van der Waals surface area (Å²) >= 11 is 1.24. The van der Waals surface area contributed by atoms with Crippen LogP contribution in [-0.2, 0) is 16.4 Å². The van der Waals surface area contributed by atoms with E-state index in [2.05, 4.69) is 17.1 Å². The predicted molar refractivity (Wildman–Crippen MR) is 126 cm³/mol. The number of ether oxygens (including phenoxy) is 1. The van der Waals surface area contributed by atoms with Gasteiger partial charge in [0.15, 0.2) is 0 Å². The Labute approximate surface area is 191 Å². The number of hydrogen-bond acceptors (Lipinski definition) is 7. The molecule has 2 aromatic carbocycles. The van der Waals surface area contributed by atoms with Crippen molar-refractivity contribution in [1.29, 1.82) is 0 Å². The number of nitrogens with zero attached hydrogens (tertiary/aromatic N) is 3. The van der Waals surface area contributed by atoms with E-state index in [1.54, 1.807) is 23.6 Å². The molecule has 0 aliphatic rings. The van der Waals surface area contributed by atoms with Gasteiger partial charge in [0.1, 0.15) is 15.5 Å². The van der Waals surface area contributed by atoms with E-state index in [0.29, 0.717) is 23.0 Å².